The van der Waals surface area contributed by atoms with Crippen LogP contribution >= 0.6 is 0 Å². The second kappa shape index (κ2) is 8.85. The molecule has 0 aliphatic carbocycles. The van der Waals surface area contributed by atoms with Gasteiger partial charge in [-0.25, -0.2) is 4.79 Å². The van der Waals surface area contributed by atoms with Crippen LogP contribution in [0.15, 0.2) is 0 Å². The molecule has 0 aromatic heterocycles. The topological polar surface area (TPSA) is 40.5 Å². The van der Waals surface area contributed by atoms with Gasteiger partial charge in [0.1, 0.15) is 0 Å². The summed E-state index contributed by atoms with van der Waals surface area (Å²) >= 11 is 0. The number of hydrogen-bond donors (Lipinski definition) is 1. The van der Waals surface area contributed by atoms with E-state index in [2.05, 4.69) is 13.8 Å². The Bertz CT molecular complexity index is 138. The number of rotatable bonds is 8. The molecule has 0 unspecified atom stereocenters. The van der Waals surface area contributed by atoms with E-state index in [0.717, 1.165) is 38.5 Å². The van der Waals surface area contributed by atoms with Crippen molar-refractivity contribution in [2.75, 3.05) is 13.1 Å². The zero-order chi connectivity index (χ0) is 10.8. The summed E-state index contributed by atoms with van der Waals surface area (Å²) in [5.41, 5.74) is 0. The predicted octanol–water partition coefficient (Wildman–Crippen LogP) is 3.35. The fourth-order valence-corrected chi connectivity index (χ4v) is 1.41. The summed E-state index contributed by atoms with van der Waals surface area (Å²) in [6.45, 7) is 5.66. The number of nitrogens with zero attached hydrogens (tertiary/aromatic N) is 1. The van der Waals surface area contributed by atoms with E-state index in [4.69, 9.17) is 5.11 Å². The second-order valence-electron chi connectivity index (χ2n) is 3.68. The minimum atomic E-state index is -0.766. The summed E-state index contributed by atoms with van der Waals surface area (Å²) in [7, 11) is 0. The van der Waals surface area contributed by atoms with Crippen LogP contribution in [0.3, 0.4) is 0 Å². The van der Waals surface area contributed by atoms with E-state index in [1.165, 1.54) is 0 Å². The largest absolute Gasteiger partial charge is 0.465 e. The molecule has 3 heteroatoms. The van der Waals surface area contributed by atoms with Gasteiger partial charge in [0.25, 0.3) is 0 Å². The smallest absolute Gasteiger partial charge is 0.407 e. The number of carboxylic acid groups (broad SMARTS) is 1. The molecular weight excluding hydrogens is 178 g/mol. The van der Waals surface area contributed by atoms with E-state index in [1.54, 1.807) is 4.90 Å². The van der Waals surface area contributed by atoms with Crippen LogP contribution in [-0.4, -0.2) is 29.2 Å². The fraction of sp³-hybridized carbons (Fsp3) is 0.909. The highest BCUT2D eigenvalue weighted by Gasteiger charge is 2.09. The van der Waals surface area contributed by atoms with Crippen molar-refractivity contribution in [2.24, 2.45) is 0 Å². The maximum Gasteiger partial charge on any atom is 0.407 e. The molecule has 0 atom stereocenters. The molecule has 14 heavy (non-hydrogen) atoms. The Morgan fingerprint density at radius 1 is 1.00 bits per heavy atom. The summed E-state index contributed by atoms with van der Waals surface area (Å²) in [4.78, 5) is 12.4. The Hall–Kier alpha value is -0.730. The first-order valence-corrected chi connectivity index (χ1v) is 5.70. The molecule has 0 aromatic rings. The zero-order valence-electron chi connectivity index (χ0n) is 9.46. The molecule has 0 fully saturated rings. The molecule has 84 valence electrons. The van der Waals surface area contributed by atoms with Crippen molar-refractivity contribution >= 4 is 6.09 Å². The third kappa shape index (κ3) is 6.75. The standard InChI is InChI=1S/C11H23NO2/c1-3-5-7-9-12(11(13)14)10-8-6-4-2/h3-10H2,1-2H3,(H,13,14). The van der Waals surface area contributed by atoms with Gasteiger partial charge in [-0.15, -0.1) is 0 Å². The highest BCUT2D eigenvalue weighted by Crippen LogP contribution is 2.02. The molecule has 0 heterocycles. The van der Waals surface area contributed by atoms with Crippen LogP contribution in [0.2, 0.25) is 0 Å². The zero-order valence-corrected chi connectivity index (χ0v) is 9.46. The molecule has 0 spiro atoms. The average Bonchev–Trinajstić information content (AvgIpc) is 2.15. The van der Waals surface area contributed by atoms with E-state index >= 15 is 0 Å². The number of hydrogen-bond acceptors (Lipinski definition) is 1. The average molecular weight is 201 g/mol. The van der Waals surface area contributed by atoms with E-state index in [-0.39, 0.29) is 0 Å². The highest BCUT2D eigenvalue weighted by atomic mass is 16.4. The van der Waals surface area contributed by atoms with Gasteiger partial charge < -0.3 is 10.0 Å². The van der Waals surface area contributed by atoms with Crippen molar-refractivity contribution in [3.63, 3.8) is 0 Å². The minimum Gasteiger partial charge on any atom is -0.465 e. The lowest BCUT2D eigenvalue weighted by Gasteiger charge is -2.18. The Labute approximate surface area is 87.1 Å². The van der Waals surface area contributed by atoms with E-state index < -0.39 is 6.09 Å². The van der Waals surface area contributed by atoms with Gasteiger partial charge >= 0.3 is 6.09 Å². The summed E-state index contributed by atoms with van der Waals surface area (Å²) in [6.07, 6.45) is 5.75. The lowest BCUT2D eigenvalue weighted by Crippen LogP contribution is -2.31. The molecule has 0 bridgehead atoms. The van der Waals surface area contributed by atoms with Gasteiger partial charge in [-0.3, -0.25) is 0 Å². The first-order valence-electron chi connectivity index (χ1n) is 5.70. The predicted molar refractivity (Wildman–Crippen MR) is 58.6 cm³/mol. The van der Waals surface area contributed by atoms with Crippen molar-refractivity contribution in [2.45, 2.75) is 52.4 Å². The highest BCUT2D eigenvalue weighted by molar-refractivity contribution is 5.64. The van der Waals surface area contributed by atoms with E-state index in [0.29, 0.717) is 13.1 Å². The van der Waals surface area contributed by atoms with Crippen LogP contribution in [0.5, 0.6) is 0 Å². The van der Waals surface area contributed by atoms with Crippen LogP contribution in [0, 0.1) is 0 Å². The third-order valence-corrected chi connectivity index (χ3v) is 2.33. The van der Waals surface area contributed by atoms with E-state index in [1.807, 2.05) is 0 Å². The summed E-state index contributed by atoms with van der Waals surface area (Å²) in [5, 5.41) is 8.90. The lowest BCUT2D eigenvalue weighted by atomic mass is 10.2. The minimum absolute atomic E-state index is 0.701. The van der Waals surface area contributed by atoms with Gasteiger partial charge in [0.15, 0.2) is 0 Å². The van der Waals surface area contributed by atoms with Crippen molar-refractivity contribution < 1.29 is 9.90 Å². The maximum absolute atomic E-state index is 10.8. The quantitative estimate of drug-likeness (QED) is 0.612. The molecule has 0 saturated heterocycles. The van der Waals surface area contributed by atoms with E-state index in [9.17, 15) is 4.79 Å². The second-order valence-corrected chi connectivity index (χ2v) is 3.68. The Kier molecular flexibility index (Phi) is 8.39. The van der Waals surface area contributed by atoms with Crippen molar-refractivity contribution in [1.29, 1.82) is 0 Å². The molecule has 0 radical (unpaired) electrons. The summed E-state index contributed by atoms with van der Waals surface area (Å²) in [6, 6.07) is 0. The molecule has 0 aliphatic rings. The van der Waals surface area contributed by atoms with Crippen LogP contribution < -0.4 is 0 Å². The Morgan fingerprint density at radius 2 is 1.43 bits per heavy atom. The summed E-state index contributed by atoms with van der Waals surface area (Å²) in [5.74, 6) is 0. The van der Waals surface area contributed by atoms with Gasteiger partial charge in [-0.2, -0.15) is 0 Å². The monoisotopic (exact) mass is 201 g/mol. The number of carbonyl (C=O) groups is 1. The summed E-state index contributed by atoms with van der Waals surface area (Å²) < 4.78 is 0. The maximum atomic E-state index is 10.8. The lowest BCUT2D eigenvalue weighted by molar-refractivity contribution is 0.143. The molecule has 1 amide bonds. The molecule has 0 saturated carbocycles. The molecular formula is C11H23NO2. The molecule has 3 nitrogen and oxygen atoms in total. The van der Waals surface area contributed by atoms with Crippen molar-refractivity contribution in [1.82, 2.24) is 4.90 Å². The third-order valence-electron chi connectivity index (χ3n) is 2.33. The molecule has 0 rings (SSSR count). The van der Waals surface area contributed by atoms with Crippen LogP contribution in [0.1, 0.15) is 52.4 Å². The van der Waals surface area contributed by atoms with Gasteiger partial charge in [-0.05, 0) is 12.8 Å². The normalized spacial score (nSPS) is 10.1. The van der Waals surface area contributed by atoms with Crippen LogP contribution in [0.4, 0.5) is 4.79 Å². The number of unbranched alkanes of at least 4 members (excludes halogenated alkanes) is 4. The fourth-order valence-electron chi connectivity index (χ4n) is 1.41. The van der Waals surface area contributed by atoms with Gasteiger partial charge in [0, 0.05) is 13.1 Å². The first-order chi connectivity index (χ1) is 6.72. The van der Waals surface area contributed by atoms with Crippen molar-refractivity contribution in [3.05, 3.63) is 0 Å². The molecule has 0 aromatic carbocycles. The van der Waals surface area contributed by atoms with Gasteiger partial charge in [0.2, 0.25) is 0 Å². The van der Waals surface area contributed by atoms with Crippen LogP contribution in [-0.2, 0) is 0 Å². The van der Waals surface area contributed by atoms with Crippen LogP contribution in [0.25, 0.3) is 0 Å². The molecule has 1 N–H and O–H groups in total. The number of amides is 1. The molecule has 0 aliphatic heterocycles. The Morgan fingerprint density at radius 3 is 1.71 bits per heavy atom. The SMILES string of the molecule is CCCCCN(CCCCC)C(=O)O. The van der Waals surface area contributed by atoms with Gasteiger partial charge in [-0.1, -0.05) is 39.5 Å². The van der Waals surface area contributed by atoms with Crippen molar-refractivity contribution in [3.8, 4) is 0 Å². The first kappa shape index (κ1) is 13.3. The Balaban J connectivity index is 3.61. The van der Waals surface area contributed by atoms with Gasteiger partial charge in [0.05, 0.1) is 0 Å².